The zero-order valence-corrected chi connectivity index (χ0v) is 8.61. The summed E-state index contributed by atoms with van der Waals surface area (Å²) < 4.78 is 0. The molecule has 78 valence electrons. The monoisotopic (exact) mass is 202 g/mol. The van der Waals surface area contributed by atoms with Crippen LogP contribution in [-0.4, -0.2) is 18.1 Å². The Hall–Kier alpha value is -1.76. The van der Waals surface area contributed by atoms with E-state index < -0.39 is 0 Å². The largest absolute Gasteiger partial charge is 0.395 e. The van der Waals surface area contributed by atoms with E-state index in [4.69, 9.17) is 11.0 Å². The van der Waals surface area contributed by atoms with E-state index in [2.05, 4.69) is 16.0 Å². The summed E-state index contributed by atoms with van der Waals surface area (Å²) in [5.41, 5.74) is 6.93. The van der Waals surface area contributed by atoms with Crippen LogP contribution in [0.1, 0.15) is 24.8 Å². The van der Waals surface area contributed by atoms with Crippen molar-refractivity contribution < 1.29 is 0 Å². The Bertz CT molecular complexity index is 388. The molecule has 0 aromatic carbocycles. The minimum absolute atomic E-state index is 0.516. The number of nitriles is 1. The third kappa shape index (κ3) is 1.86. The molecule has 1 aromatic rings. The number of hydrogen-bond acceptors (Lipinski definition) is 4. The molecule has 0 radical (unpaired) electrons. The second-order valence-corrected chi connectivity index (χ2v) is 3.76. The third-order valence-corrected chi connectivity index (χ3v) is 2.75. The summed E-state index contributed by atoms with van der Waals surface area (Å²) in [6, 6.07) is 3.74. The molecule has 0 amide bonds. The highest BCUT2D eigenvalue weighted by Gasteiger charge is 2.16. The van der Waals surface area contributed by atoms with E-state index in [1.54, 1.807) is 12.3 Å². The summed E-state index contributed by atoms with van der Waals surface area (Å²) >= 11 is 0. The minimum Gasteiger partial charge on any atom is -0.395 e. The number of nitrogens with zero attached hydrogens (tertiary/aromatic N) is 3. The lowest BCUT2D eigenvalue weighted by atomic mass is 10.1. The average Bonchev–Trinajstić information content (AvgIpc) is 2.30. The second-order valence-electron chi connectivity index (χ2n) is 3.76. The van der Waals surface area contributed by atoms with Gasteiger partial charge in [-0.1, -0.05) is 0 Å². The minimum atomic E-state index is 0.516. The number of anilines is 2. The van der Waals surface area contributed by atoms with Gasteiger partial charge in [0.15, 0.2) is 5.82 Å². The van der Waals surface area contributed by atoms with Gasteiger partial charge in [0.05, 0.1) is 11.3 Å². The molecule has 15 heavy (non-hydrogen) atoms. The number of nitrogens with two attached hydrogens (primary N) is 1. The summed E-state index contributed by atoms with van der Waals surface area (Å²) in [5.74, 6) is 0.772. The van der Waals surface area contributed by atoms with E-state index in [0.29, 0.717) is 11.3 Å². The van der Waals surface area contributed by atoms with E-state index in [1.807, 2.05) is 0 Å². The summed E-state index contributed by atoms with van der Waals surface area (Å²) in [7, 11) is 0. The Labute approximate surface area is 89.3 Å². The number of pyridine rings is 1. The maximum Gasteiger partial charge on any atom is 0.153 e. The topological polar surface area (TPSA) is 65.9 Å². The first kappa shape index (κ1) is 9.78. The number of piperidine rings is 1. The van der Waals surface area contributed by atoms with E-state index in [1.165, 1.54) is 19.3 Å². The molecule has 0 bridgehead atoms. The molecular weight excluding hydrogens is 188 g/mol. The standard InChI is InChI=1S/C11H14N4/c12-8-9-4-5-14-11(10(9)13)15-6-2-1-3-7-15/h4-5H,1-3,6-7,13H2. The molecule has 0 atom stereocenters. The van der Waals surface area contributed by atoms with E-state index in [-0.39, 0.29) is 0 Å². The predicted octanol–water partition coefficient (Wildman–Crippen LogP) is 1.53. The summed E-state index contributed by atoms with van der Waals surface area (Å²) in [5, 5.41) is 8.86. The van der Waals surface area contributed by atoms with E-state index in [9.17, 15) is 0 Å². The summed E-state index contributed by atoms with van der Waals surface area (Å²) in [6.45, 7) is 1.98. The van der Waals surface area contributed by atoms with Crippen molar-refractivity contribution in [2.75, 3.05) is 23.7 Å². The van der Waals surface area contributed by atoms with Crippen LogP contribution in [0.4, 0.5) is 11.5 Å². The highest BCUT2D eigenvalue weighted by atomic mass is 15.2. The van der Waals surface area contributed by atoms with Gasteiger partial charge in [-0.2, -0.15) is 5.26 Å². The van der Waals surface area contributed by atoms with E-state index >= 15 is 0 Å². The molecule has 1 fully saturated rings. The molecule has 0 unspecified atom stereocenters. The Kier molecular flexibility index (Phi) is 2.72. The van der Waals surface area contributed by atoms with Crippen LogP contribution in [0.5, 0.6) is 0 Å². The van der Waals surface area contributed by atoms with Gasteiger partial charge in [0.2, 0.25) is 0 Å². The SMILES string of the molecule is N#Cc1ccnc(N2CCCCC2)c1N. The Morgan fingerprint density at radius 2 is 2.07 bits per heavy atom. The molecule has 0 aliphatic carbocycles. The molecule has 1 aromatic heterocycles. The van der Waals surface area contributed by atoms with Crippen LogP contribution >= 0.6 is 0 Å². The lowest BCUT2D eigenvalue weighted by Gasteiger charge is -2.28. The van der Waals surface area contributed by atoms with Crippen molar-refractivity contribution in [1.82, 2.24) is 4.98 Å². The first-order chi connectivity index (χ1) is 7.33. The Morgan fingerprint density at radius 3 is 2.73 bits per heavy atom. The zero-order chi connectivity index (χ0) is 10.7. The molecule has 0 saturated carbocycles. The van der Waals surface area contributed by atoms with Crippen LogP contribution in [0.3, 0.4) is 0 Å². The number of aromatic nitrogens is 1. The van der Waals surface area contributed by atoms with Crippen molar-refractivity contribution in [2.24, 2.45) is 0 Å². The van der Waals surface area contributed by atoms with Crippen LogP contribution in [-0.2, 0) is 0 Å². The maximum atomic E-state index is 8.86. The number of nitrogen functional groups attached to an aromatic ring is 1. The van der Waals surface area contributed by atoms with Crippen molar-refractivity contribution in [2.45, 2.75) is 19.3 Å². The fourth-order valence-corrected chi connectivity index (χ4v) is 1.92. The molecule has 2 rings (SSSR count). The van der Waals surface area contributed by atoms with Gasteiger partial charge in [0.25, 0.3) is 0 Å². The third-order valence-electron chi connectivity index (χ3n) is 2.75. The predicted molar refractivity (Wildman–Crippen MR) is 59.4 cm³/mol. The molecule has 1 aliphatic heterocycles. The van der Waals surface area contributed by atoms with Gasteiger partial charge in [0.1, 0.15) is 6.07 Å². The van der Waals surface area contributed by atoms with Gasteiger partial charge in [-0.25, -0.2) is 4.98 Å². The average molecular weight is 202 g/mol. The van der Waals surface area contributed by atoms with Gasteiger partial charge in [0, 0.05) is 19.3 Å². The molecule has 4 heteroatoms. The van der Waals surface area contributed by atoms with Crippen molar-refractivity contribution in [3.63, 3.8) is 0 Å². The van der Waals surface area contributed by atoms with Crippen LogP contribution in [0.25, 0.3) is 0 Å². The highest BCUT2D eigenvalue weighted by molar-refractivity contribution is 5.70. The number of rotatable bonds is 1. The first-order valence-corrected chi connectivity index (χ1v) is 5.22. The Balaban J connectivity index is 2.31. The normalized spacial score (nSPS) is 16.1. The molecular formula is C11H14N4. The second kappa shape index (κ2) is 4.18. The molecule has 2 N–H and O–H groups in total. The van der Waals surface area contributed by atoms with Crippen molar-refractivity contribution in [3.8, 4) is 6.07 Å². The van der Waals surface area contributed by atoms with Gasteiger partial charge in [-0.15, -0.1) is 0 Å². The lowest BCUT2D eigenvalue weighted by Crippen LogP contribution is -2.31. The first-order valence-electron chi connectivity index (χ1n) is 5.22. The zero-order valence-electron chi connectivity index (χ0n) is 8.61. The molecule has 1 saturated heterocycles. The number of hydrogen-bond donors (Lipinski definition) is 1. The van der Waals surface area contributed by atoms with Crippen molar-refractivity contribution >= 4 is 11.5 Å². The Morgan fingerprint density at radius 1 is 1.33 bits per heavy atom. The van der Waals surface area contributed by atoms with Gasteiger partial charge in [-0.05, 0) is 25.3 Å². The van der Waals surface area contributed by atoms with E-state index in [0.717, 1.165) is 18.9 Å². The van der Waals surface area contributed by atoms with Crippen LogP contribution in [0.15, 0.2) is 12.3 Å². The summed E-state index contributed by atoms with van der Waals surface area (Å²) in [6.07, 6.45) is 5.28. The van der Waals surface area contributed by atoms with Crippen molar-refractivity contribution in [3.05, 3.63) is 17.8 Å². The fraction of sp³-hybridized carbons (Fsp3) is 0.455. The quantitative estimate of drug-likeness (QED) is 0.750. The fourth-order valence-electron chi connectivity index (χ4n) is 1.92. The van der Waals surface area contributed by atoms with Crippen LogP contribution < -0.4 is 10.6 Å². The molecule has 1 aliphatic rings. The molecule has 4 nitrogen and oxygen atoms in total. The maximum absolute atomic E-state index is 8.86. The van der Waals surface area contributed by atoms with Gasteiger partial charge in [-0.3, -0.25) is 0 Å². The lowest BCUT2D eigenvalue weighted by molar-refractivity contribution is 0.574. The smallest absolute Gasteiger partial charge is 0.153 e. The summed E-state index contributed by atoms with van der Waals surface area (Å²) in [4.78, 5) is 6.43. The molecule has 0 spiro atoms. The highest BCUT2D eigenvalue weighted by Crippen LogP contribution is 2.25. The van der Waals surface area contributed by atoms with Crippen LogP contribution in [0.2, 0.25) is 0 Å². The van der Waals surface area contributed by atoms with Crippen LogP contribution in [0, 0.1) is 11.3 Å². The van der Waals surface area contributed by atoms with Gasteiger partial charge < -0.3 is 10.6 Å². The van der Waals surface area contributed by atoms with Crippen molar-refractivity contribution in [1.29, 1.82) is 5.26 Å². The van der Waals surface area contributed by atoms with Gasteiger partial charge >= 0.3 is 0 Å². The molecule has 2 heterocycles.